The summed E-state index contributed by atoms with van der Waals surface area (Å²) in [5, 5.41) is 3.43. The summed E-state index contributed by atoms with van der Waals surface area (Å²) in [6, 6.07) is 1.91. The van der Waals surface area contributed by atoms with Crippen molar-refractivity contribution < 1.29 is 0 Å². The predicted molar refractivity (Wildman–Crippen MR) is 29.2 cm³/mol. The summed E-state index contributed by atoms with van der Waals surface area (Å²) in [5.41, 5.74) is 0. The third-order valence-electron chi connectivity index (χ3n) is 2.08. The van der Waals surface area contributed by atoms with Crippen molar-refractivity contribution in [2.75, 3.05) is 0 Å². The van der Waals surface area contributed by atoms with Gasteiger partial charge in [-0.25, -0.2) is 0 Å². The molecule has 1 aliphatic heterocycles. The number of hydrogen-bond acceptors (Lipinski definition) is 1. The molecule has 0 aromatic rings. The van der Waals surface area contributed by atoms with Gasteiger partial charge in [0.15, 0.2) is 0 Å². The smallest absolute Gasteiger partial charge is 0.0224 e. The molecule has 1 saturated carbocycles. The lowest BCUT2D eigenvalue weighted by Crippen LogP contribution is -2.00. The molecular weight excluding hydrogens is 86.1 g/mol. The summed E-state index contributed by atoms with van der Waals surface area (Å²) in [4.78, 5) is 0. The van der Waals surface area contributed by atoms with E-state index in [9.17, 15) is 0 Å². The fourth-order valence-corrected chi connectivity index (χ4v) is 1.52. The molecule has 0 spiro atoms. The van der Waals surface area contributed by atoms with Gasteiger partial charge in [-0.05, 0) is 12.8 Å². The molecule has 2 aliphatic rings. The molecule has 1 aliphatic carbocycles. The molecule has 0 bridgehead atoms. The number of rotatable bonds is 0. The highest BCUT2D eigenvalue weighted by molar-refractivity contribution is 4.99. The molecule has 2 rings (SSSR count). The minimum Gasteiger partial charge on any atom is -0.308 e. The Morgan fingerprint density at radius 1 is 1.00 bits per heavy atom. The van der Waals surface area contributed by atoms with E-state index in [0.29, 0.717) is 0 Å². The van der Waals surface area contributed by atoms with Gasteiger partial charge < -0.3 is 5.32 Å². The summed E-state index contributed by atoms with van der Waals surface area (Å²) in [6.45, 7) is 0. The van der Waals surface area contributed by atoms with E-state index in [2.05, 4.69) is 5.32 Å². The molecular formula is C6H11N. The largest absolute Gasteiger partial charge is 0.308 e. The molecule has 1 nitrogen and oxygen atoms in total. The summed E-state index contributed by atoms with van der Waals surface area (Å²) in [5.74, 6) is 0. The van der Waals surface area contributed by atoms with Crippen LogP contribution in [-0.2, 0) is 0 Å². The molecule has 2 atom stereocenters. The average Bonchev–Trinajstić information content (AvgIpc) is 2.41. The maximum absolute atomic E-state index is 3.43. The fourth-order valence-electron chi connectivity index (χ4n) is 1.52. The lowest BCUT2D eigenvalue weighted by atomic mass is 10.0. The SMILES string of the molecule is C1CCC2NC2C1. The minimum atomic E-state index is 0.953. The third-order valence-corrected chi connectivity index (χ3v) is 2.08. The van der Waals surface area contributed by atoms with Crippen molar-refractivity contribution in [3.8, 4) is 0 Å². The van der Waals surface area contributed by atoms with Gasteiger partial charge in [0.1, 0.15) is 0 Å². The Balaban J connectivity index is 1.95. The van der Waals surface area contributed by atoms with Gasteiger partial charge in [0.25, 0.3) is 0 Å². The van der Waals surface area contributed by atoms with Crippen LogP contribution < -0.4 is 5.32 Å². The first-order valence-corrected chi connectivity index (χ1v) is 3.23. The molecule has 40 valence electrons. The number of fused-ring (bicyclic) bond motifs is 1. The second-order valence-electron chi connectivity index (χ2n) is 2.66. The number of hydrogen-bond donors (Lipinski definition) is 1. The first-order chi connectivity index (χ1) is 3.47. The maximum atomic E-state index is 3.43. The van der Waals surface area contributed by atoms with E-state index in [1.807, 2.05) is 0 Å². The van der Waals surface area contributed by atoms with Crippen molar-refractivity contribution in [1.82, 2.24) is 5.32 Å². The fraction of sp³-hybridized carbons (Fsp3) is 1.00. The monoisotopic (exact) mass is 97.1 g/mol. The molecule has 2 unspecified atom stereocenters. The standard InChI is InChI=1S/C6H11N/c1-2-4-6-5(3-1)7-6/h5-7H,1-4H2. The van der Waals surface area contributed by atoms with Crippen LogP contribution in [-0.4, -0.2) is 12.1 Å². The highest BCUT2D eigenvalue weighted by Gasteiger charge is 2.37. The van der Waals surface area contributed by atoms with Gasteiger partial charge in [0, 0.05) is 12.1 Å². The van der Waals surface area contributed by atoms with Crippen LogP contribution in [0, 0.1) is 0 Å². The second-order valence-corrected chi connectivity index (χ2v) is 2.66. The van der Waals surface area contributed by atoms with Crippen molar-refractivity contribution in [3.63, 3.8) is 0 Å². The molecule has 7 heavy (non-hydrogen) atoms. The van der Waals surface area contributed by atoms with Crippen LogP contribution in [0.2, 0.25) is 0 Å². The maximum Gasteiger partial charge on any atom is 0.0224 e. The van der Waals surface area contributed by atoms with Crippen LogP contribution in [0.15, 0.2) is 0 Å². The van der Waals surface area contributed by atoms with Crippen molar-refractivity contribution in [3.05, 3.63) is 0 Å². The summed E-state index contributed by atoms with van der Waals surface area (Å²) < 4.78 is 0. The molecule has 0 aromatic heterocycles. The van der Waals surface area contributed by atoms with Gasteiger partial charge in [-0.3, -0.25) is 0 Å². The average molecular weight is 97.2 g/mol. The van der Waals surface area contributed by atoms with Crippen LogP contribution in [0.4, 0.5) is 0 Å². The Labute approximate surface area is 44.1 Å². The van der Waals surface area contributed by atoms with Crippen LogP contribution in [0.3, 0.4) is 0 Å². The van der Waals surface area contributed by atoms with Gasteiger partial charge in [-0.1, -0.05) is 12.8 Å². The highest BCUT2D eigenvalue weighted by atomic mass is 15.1. The zero-order chi connectivity index (χ0) is 4.69. The Morgan fingerprint density at radius 2 is 1.57 bits per heavy atom. The lowest BCUT2D eigenvalue weighted by Gasteiger charge is -2.02. The quantitative estimate of drug-likeness (QED) is 0.446. The van der Waals surface area contributed by atoms with Crippen molar-refractivity contribution >= 4 is 0 Å². The van der Waals surface area contributed by atoms with Crippen molar-refractivity contribution in [1.29, 1.82) is 0 Å². The first-order valence-electron chi connectivity index (χ1n) is 3.23. The lowest BCUT2D eigenvalue weighted by molar-refractivity contribution is 0.571. The van der Waals surface area contributed by atoms with E-state index >= 15 is 0 Å². The van der Waals surface area contributed by atoms with Crippen LogP contribution >= 0.6 is 0 Å². The van der Waals surface area contributed by atoms with Crippen molar-refractivity contribution in [2.24, 2.45) is 0 Å². The second kappa shape index (κ2) is 1.22. The molecule has 2 fully saturated rings. The van der Waals surface area contributed by atoms with E-state index in [0.717, 1.165) is 12.1 Å². The molecule has 1 heteroatoms. The molecule has 0 radical (unpaired) electrons. The van der Waals surface area contributed by atoms with E-state index < -0.39 is 0 Å². The predicted octanol–water partition coefficient (Wildman–Crippen LogP) is 0.901. The molecule has 0 amide bonds. The molecule has 1 N–H and O–H groups in total. The van der Waals surface area contributed by atoms with Crippen LogP contribution in [0.1, 0.15) is 25.7 Å². The Hall–Kier alpha value is -0.0400. The van der Waals surface area contributed by atoms with Crippen LogP contribution in [0.25, 0.3) is 0 Å². The minimum absolute atomic E-state index is 0.953. The first kappa shape index (κ1) is 3.90. The van der Waals surface area contributed by atoms with E-state index in [1.165, 1.54) is 25.7 Å². The van der Waals surface area contributed by atoms with Gasteiger partial charge in [-0.15, -0.1) is 0 Å². The summed E-state index contributed by atoms with van der Waals surface area (Å²) in [6.07, 6.45) is 5.83. The third kappa shape index (κ3) is 0.556. The Kier molecular flexibility index (Phi) is 0.680. The number of nitrogens with one attached hydrogen (secondary N) is 1. The zero-order valence-electron chi connectivity index (χ0n) is 4.48. The van der Waals surface area contributed by atoms with E-state index in [1.54, 1.807) is 0 Å². The Bertz CT molecular complexity index is 70.2. The summed E-state index contributed by atoms with van der Waals surface area (Å²) in [7, 11) is 0. The Morgan fingerprint density at radius 3 is 2.00 bits per heavy atom. The van der Waals surface area contributed by atoms with Gasteiger partial charge >= 0.3 is 0 Å². The van der Waals surface area contributed by atoms with Gasteiger partial charge in [-0.2, -0.15) is 0 Å². The topological polar surface area (TPSA) is 21.9 Å². The van der Waals surface area contributed by atoms with Gasteiger partial charge in [0.05, 0.1) is 0 Å². The molecule has 1 heterocycles. The zero-order valence-corrected chi connectivity index (χ0v) is 4.48. The van der Waals surface area contributed by atoms with Gasteiger partial charge in [0.2, 0.25) is 0 Å². The van der Waals surface area contributed by atoms with Crippen molar-refractivity contribution in [2.45, 2.75) is 37.8 Å². The highest BCUT2D eigenvalue weighted by Crippen LogP contribution is 2.28. The summed E-state index contributed by atoms with van der Waals surface area (Å²) >= 11 is 0. The van der Waals surface area contributed by atoms with E-state index in [-0.39, 0.29) is 0 Å². The van der Waals surface area contributed by atoms with Crippen LogP contribution in [0.5, 0.6) is 0 Å². The molecule has 1 saturated heterocycles. The normalized spacial score (nSPS) is 48.0. The van der Waals surface area contributed by atoms with E-state index in [4.69, 9.17) is 0 Å². The molecule has 0 aromatic carbocycles.